The summed E-state index contributed by atoms with van der Waals surface area (Å²) in [6, 6.07) is 98.1. The molecular formula is C72H58N4. The highest BCUT2D eigenvalue weighted by molar-refractivity contribution is 5.83. The largest absolute Gasteiger partial charge is 0.314 e. The van der Waals surface area contributed by atoms with Crippen LogP contribution in [0.15, 0.2) is 315 Å². The van der Waals surface area contributed by atoms with E-state index in [1.54, 1.807) is 0 Å². The summed E-state index contributed by atoms with van der Waals surface area (Å²) in [5, 5.41) is 0. The van der Waals surface area contributed by atoms with Crippen molar-refractivity contribution in [2.45, 2.75) is 25.7 Å². The highest BCUT2D eigenvalue weighted by atomic mass is 15.2. The van der Waals surface area contributed by atoms with Crippen molar-refractivity contribution < 1.29 is 0 Å². The third-order valence-corrected chi connectivity index (χ3v) is 14.4. The average Bonchev–Trinajstić information content (AvgIpc) is 3.50. The van der Waals surface area contributed by atoms with Crippen LogP contribution in [0.1, 0.15) is 31.2 Å². The van der Waals surface area contributed by atoms with Gasteiger partial charge in [0.25, 0.3) is 0 Å². The summed E-state index contributed by atoms with van der Waals surface area (Å²) in [6.07, 6.45) is 15.2. The van der Waals surface area contributed by atoms with Gasteiger partial charge in [0.1, 0.15) is 0 Å². The fraction of sp³-hybridized carbons (Fsp3) is 0.0556. The number of rotatable bonds is 15. The maximum Gasteiger partial charge on any atom is 0.0462 e. The number of allylic oxidation sites excluding steroid dienone is 8. The molecule has 4 nitrogen and oxygen atoms in total. The zero-order chi connectivity index (χ0) is 50.9. The van der Waals surface area contributed by atoms with Crippen LogP contribution in [0.4, 0.5) is 56.9 Å². The van der Waals surface area contributed by atoms with Gasteiger partial charge in [-0.05, 0) is 193 Å². The molecule has 2 aliphatic carbocycles. The Bertz CT molecular complexity index is 3590. The molecule has 0 fully saturated rings. The molecule has 0 N–H and O–H groups in total. The first-order valence-electron chi connectivity index (χ1n) is 26.4. The van der Waals surface area contributed by atoms with E-state index in [4.69, 9.17) is 0 Å². The molecule has 366 valence electrons. The molecule has 4 heteroatoms. The van der Waals surface area contributed by atoms with Crippen molar-refractivity contribution in [3.8, 4) is 22.3 Å². The molecule has 0 spiro atoms. The minimum absolute atomic E-state index is 0.914. The summed E-state index contributed by atoms with van der Waals surface area (Å²) in [7, 11) is 0. The van der Waals surface area contributed by atoms with E-state index in [2.05, 4.69) is 323 Å². The van der Waals surface area contributed by atoms with Crippen LogP contribution in [0.25, 0.3) is 27.8 Å². The molecule has 0 heterocycles. The van der Waals surface area contributed by atoms with E-state index in [9.17, 15) is 0 Å². The SMILES string of the molecule is C1=CCCC(N(c2ccccc2)c2ccc(-c3ccc(N(c4ccccc4)c4ccc(C5=CC=C(N(c6ccccc6)c6ccc(-c7ccc(N(c8ccccc8)c8ccccc8)cc7)cc6)CC5)cc4)cc3)cc2)=C1. The van der Waals surface area contributed by atoms with E-state index in [1.807, 2.05) is 0 Å². The highest BCUT2D eigenvalue weighted by Gasteiger charge is 2.21. The van der Waals surface area contributed by atoms with Gasteiger partial charge in [-0.1, -0.05) is 170 Å². The zero-order valence-corrected chi connectivity index (χ0v) is 42.5. The van der Waals surface area contributed by atoms with Gasteiger partial charge >= 0.3 is 0 Å². The summed E-state index contributed by atoms with van der Waals surface area (Å²) in [6.45, 7) is 0. The van der Waals surface area contributed by atoms with Crippen molar-refractivity contribution in [1.82, 2.24) is 0 Å². The van der Waals surface area contributed by atoms with Crippen molar-refractivity contribution in [2.24, 2.45) is 0 Å². The van der Waals surface area contributed by atoms with Crippen LogP contribution < -0.4 is 19.6 Å². The monoisotopic (exact) mass is 978 g/mol. The Morgan fingerprint density at radius 3 is 0.776 bits per heavy atom. The topological polar surface area (TPSA) is 13.0 Å². The minimum Gasteiger partial charge on any atom is -0.314 e. The fourth-order valence-electron chi connectivity index (χ4n) is 10.6. The molecule has 10 aromatic carbocycles. The lowest BCUT2D eigenvalue weighted by atomic mass is 9.94. The van der Waals surface area contributed by atoms with Gasteiger partial charge in [-0.2, -0.15) is 0 Å². The summed E-state index contributed by atoms with van der Waals surface area (Å²) < 4.78 is 0. The molecule has 0 aromatic heterocycles. The van der Waals surface area contributed by atoms with Gasteiger partial charge in [-0.25, -0.2) is 0 Å². The summed E-state index contributed by atoms with van der Waals surface area (Å²) in [5.74, 6) is 0. The van der Waals surface area contributed by atoms with Gasteiger partial charge in [0.15, 0.2) is 0 Å². The normalized spacial score (nSPS) is 13.0. The van der Waals surface area contributed by atoms with Gasteiger partial charge in [0, 0.05) is 68.3 Å². The fourth-order valence-corrected chi connectivity index (χ4v) is 10.6. The number of anilines is 10. The van der Waals surface area contributed by atoms with E-state index >= 15 is 0 Å². The van der Waals surface area contributed by atoms with Gasteiger partial charge in [-0.15, -0.1) is 0 Å². The second-order valence-electron chi connectivity index (χ2n) is 19.2. The van der Waals surface area contributed by atoms with Crippen LogP contribution in [-0.4, -0.2) is 0 Å². The van der Waals surface area contributed by atoms with Crippen molar-refractivity contribution in [1.29, 1.82) is 0 Å². The van der Waals surface area contributed by atoms with E-state index in [1.165, 1.54) is 50.5 Å². The molecule has 0 unspecified atom stereocenters. The lowest BCUT2D eigenvalue weighted by Crippen LogP contribution is -2.17. The molecule has 10 aromatic rings. The van der Waals surface area contributed by atoms with Gasteiger partial charge in [0.05, 0.1) is 0 Å². The molecule has 76 heavy (non-hydrogen) atoms. The van der Waals surface area contributed by atoms with Crippen LogP contribution in [0.3, 0.4) is 0 Å². The zero-order valence-electron chi connectivity index (χ0n) is 42.5. The van der Waals surface area contributed by atoms with Crippen LogP contribution in [0.5, 0.6) is 0 Å². The summed E-state index contributed by atoms with van der Waals surface area (Å²) in [5.41, 5.74) is 21.2. The molecule has 2 aliphatic rings. The molecule has 0 aliphatic heterocycles. The summed E-state index contributed by atoms with van der Waals surface area (Å²) >= 11 is 0. The molecule has 12 rings (SSSR count). The van der Waals surface area contributed by atoms with Gasteiger partial charge in [0.2, 0.25) is 0 Å². The Labute approximate surface area is 448 Å². The number of hydrogen-bond donors (Lipinski definition) is 0. The Kier molecular flexibility index (Phi) is 13.9. The first kappa shape index (κ1) is 47.4. The van der Waals surface area contributed by atoms with Crippen LogP contribution in [0, 0.1) is 0 Å². The molecule has 0 atom stereocenters. The molecule has 0 saturated heterocycles. The lowest BCUT2D eigenvalue weighted by Gasteiger charge is -2.30. The van der Waals surface area contributed by atoms with E-state index in [0.29, 0.717) is 0 Å². The van der Waals surface area contributed by atoms with Gasteiger partial charge in [-0.3, -0.25) is 0 Å². The van der Waals surface area contributed by atoms with Crippen molar-refractivity contribution >= 4 is 62.4 Å². The first-order chi connectivity index (χ1) is 37.7. The molecule has 0 radical (unpaired) electrons. The Morgan fingerprint density at radius 1 is 0.211 bits per heavy atom. The minimum atomic E-state index is 0.914. The number of benzene rings is 10. The third kappa shape index (κ3) is 10.3. The number of nitrogens with zero attached hydrogens (tertiary/aromatic N) is 4. The lowest BCUT2D eigenvalue weighted by molar-refractivity contribution is 0.918. The van der Waals surface area contributed by atoms with E-state index in [0.717, 1.165) is 76.9 Å². The third-order valence-electron chi connectivity index (χ3n) is 14.4. The summed E-state index contributed by atoms with van der Waals surface area (Å²) in [4.78, 5) is 9.43. The second-order valence-corrected chi connectivity index (χ2v) is 19.2. The second kappa shape index (κ2) is 22.2. The predicted octanol–water partition coefficient (Wildman–Crippen LogP) is 20.2. The van der Waals surface area contributed by atoms with E-state index in [-0.39, 0.29) is 0 Å². The quantitative estimate of drug-likeness (QED) is 0.101. The van der Waals surface area contributed by atoms with Crippen molar-refractivity contribution in [2.75, 3.05) is 19.6 Å². The Balaban J connectivity index is 0.769. The Morgan fingerprint density at radius 2 is 0.487 bits per heavy atom. The number of hydrogen-bond acceptors (Lipinski definition) is 4. The molecule has 0 amide bonds. The molecule has 0 saturated carbocycles. The molecular weight excluding hydrogens is 921 g/mol. The maximum atomic E-state index is 2.41. The van der Waals surface area contributed by atoms with Crippen molar-refractivity contribution in [3.63, 3.8) is 0 Å². The average molecular weight is 979 g/mol. The van der Waals surface area contributed by atoms with Crippen LogP contribution in [-0.2, 0) is 0 Å². The first-order valence-corrected chi connectivity index (χ1v) is 26.4. The molecule has 0 bridgehead atoms. The highest BCUT2D eigenvalue weighted by Crippen LogP contribution is 2.42. The standard InChI is InChI=1S/C72H58N4/c1-7-19-61(20-8-1)73(62-21-9-2-10-22-62)67-43-31-55(32-44-67)57-35-47-69(48-36-57)75(65-27-15-5-16-28-65)71-51-39-59(40-52-71)60-41-53-72(54-42-60)76(66-29-17-6-18-30-66)70-49-37-58(38-50-70)56-33-45-68(46-34-56)74(63-23-11-3-12-24-63)64-25-13-4-14-26-64/h1-13,15-25,27-39,41-51,53-54H,14,26,40,52H2. The van der Waals surface area contributed by atoms with Gasteiger partial charge < -0.3 is 19.6 Å². The number of para-hydroxylation sites is 5. The predicted molar refractivity (Wildman–Crippen MR) is 322 cm³/mol. The smallest absolute Gasteiger partial charge is 0.0462 e. The Hall–Kier alpha value is -9.64. The maximum absolute atomic E-state index is 2.41. The van der Waals surface area contributed by atoms with E-state index < -0.39 is 0 Å². The van der Waals surface area contributed by atoms with Crippen LogP contribution in [0.2, 0.25) is 0 Å². The van der Waals surface area contributed by atoms with Crippen molar-refractivity contribution in [3.05, 3.63) is 320 Å². The van der Waals surface area contributed by atoms with Crippen LogP contribution >= 0.6 is 0 Å².